The maximum Gasteiger partial charge on any atom is 0.289 e. The van der Waals surface area contributed by atoms with E-state index in [-0.39, 0.29) is 18.5 Å². The van der Waals surface area contributed by atoms with Gasteiger partial charge in [-0.05, 0) is 30.3 Å². The van der Waals surface area contributed by atoms with E-state index in [0.29, 0.717) is 48.4 Å². The van der Waals surface area contributed by atoms with Gasteiger partial charge in [-0.15, -0.1) is 0 Å². The molecule has 0 N–H and O–H groups in total. The number of piperazine rings is 1. The summed E-state index contributed by atoms with van der Waals surface area (Å²) < 4.78 is 12.3. The number of para-hydroxylation sites is 1. The van der Waals surface area contributed by atoms with Crippen molar-refractivity contribution < 1.29 is 18.7 Å². The van der Waals surface area contributed by atoms with Crippen LogP contribution in [0.15, 0.2) is 59.3 Å². The zero-order chi connectivity index (χ0) is 20.2. The lowest BCUT2D eigenvalue weighted by Crippen LogP contribution is -2.50. The SMILES string of the molecule is O=C(c1ccn(COc2ccccc2Cl)n1)N1CCN(C(=O)c2ccco2)CC1. The largest absolute Gasteiger partial charge is 0.470 e. The monoisotopic (exact) mass is 414 g/mol. The van der Waals surface area contributed by atoms with Crippen LogP contribution in [0, 0.1) is 0 Å². The van der Waals surface area contributed by atoms with Crippen molar-refractivity contribution in [2.45, 2.75) is 6.73 Å². The Morgan fingerprint density at radius 3 is 2.41 bits per heavy atom. The zero-order valence-electron chi connectivity index (χ0n) is 15.5. The third kappa shape index (κ3) is 4.27. The summed E-state index contributed by atoms with van der Waals surface area (Å²) in [6.45, 7) is 1.91. The van der Waals surface area contributed by atoms with Gasteiger partial charge in [-0.25, -0.2) is 4.68 Å². The summed E-state index contributed by atoms with van der Waals surface area (Å²) >= 11 is 6.07. The van der Waals surface area contributed by atoms with Gasteiger partial charge in [0.2, 0.25) is 0 Å². The summed E-state index contributed by atoms with van der Waals surface area (Å²) in [7, 11) is 0. The van der Waals surface area contributed by atoms with Crippen LogP contribution in [0.4, 0.5) is 0 Å². The maximum atomic E-state index is 12.7. The smallest absolute Gasteiger partial charge is 0.289 e. The summed E-state index contributed by atoms with van der Waals surface area (Å²) in [4.78, 5) is 28.4. The van der Waals surface area contributed by atoms with Gasteiger partial charge >= 0.3 is 0 Å². The van der Waals surface area contributed by atoms with E-state index >= 15 is 0 Å². The molecule has 0 saturated carbocycles. The van der Waals surface area contributed by atoms with E-state index in [1.807, 2.05) is 12.1 Å². The van der Waals surface area contributed by atoms with E-state index in [0.717, 1.165) is 0 Å². The highest BCUT2D eigenvalue weighted by Crippen LogP contribution is 2.23. The summed E-state index contributed by atoms with van der Waals surface area (Å²) in [5.41, 5.74) is 0.332. The molecule has 0 spiro atoms. The second kappa shape index (κ2) is 8.40. The van der Waals surface area contributed by atoms with E-state index in [1.165, 1.54) is 10.9 Å². The molecule has 1 aliphatic heterocycles. The lowest BCUT2D eigenvalue weighted by atomic mass is 10.2. The van der Waals surface area contributed by atoms with E-state index in [1.54, 1.807) is 46.3 Å². The predicted octanol–water partition coefficient (Wildman–Crippen LogP) is 2.76. The van der Waals surface area contributed by atoms with Gasteiger partial charge in [0.1, 0.15) is 5.75 Å². The van der Waals surface area contributed by atoms with E-state index < -0.39 is 0 Å². The quantitative estimate of drug-likeness (QED) is 0.641. The number of nitrogens with zero attached hydrogens (tertiary/aromatic N) is 4. The molecule has 0 atom stereocenters. The van der Waals surface area contributed by atoms with Gasteiger partial charge in [0.25, 0.3) is 11.8 Å². The van der Waals surface area contributed by atoms with Crippen LogP contribution in [0.3, 0.4) is 0 Å². The zero-order valence-corrected chi connectivity index (χ0v) is 16.3. The molecule has 0 radical (unpaired) electrons. The van der Waals surface area contributed by atoms with Crippen LogP contribution < -0.4 is 4.74 Å². The second-order valence-electron chi connectivity index (χ2n) is 6.51. The fraction of sp³-hybridized carbons (Fsp3) is 0.250. The first-order chi connectivity index (χ1) is 14.1. The Bertz CT molecular complexity index is 994. The topological polar surface area (TPSA) is 80.8 Å². The van der Waals surface area contributed by atoms with E-state index in [9.17, 15) is 9.59 Å². The third-order valence-corrected chi connectivity index (χ3v) is 4.95. The molecule has 2 aromatic heterocycles. The number of carbonyl (C=O) groups is 2. The second-order valence-corrected chi connectivity index (χ2v) is 6.91. The number of rotatable bonds is 5. The van der Waals surface area contributed by atoms with Crippen molar-refractivity contribution in [3.8, 4) is 5.75 Å². The van der Waals surface area contributed by atoms with Gasteiger partial charge in [0.15, 0.2) is 18.2 Å². The molecule has 0 bridgehead atoms. The fourth-order valence-electron chi connectivity index (χ4n) is 3.08. The van der Waals surface area contributed by atoms with Gasteiger partial charge in [-0.3, -0.25) is 9.59 Å². The van der Waals surface area contributed by atoms with Crippen LogP contribution in [0.5, 0.6) is 5.75 Å². The highest BCUT2D eigenvalue weighted by atomic mass is 35.5. The molecule has 1 fully saturated rings. The predicted molar refractivity (Wildman–Crippen MR) is 105 cm³/mol. The minimum atomic E-state index is -0.174. The van der Waals surface area contributed by atoms with Gasteiger partial charge < -0.3 is 19.0 Å². The molecule has 2 amide bonds. The van der Waals surface area contributed by atoms with Crippen LogP contribution in [-0.4, -0.2) is 57.6 Å². The number of hydrogen-bond acceptors (Lipinski definition) is 5. The van der Waals surface area contributed by atoms with Crippen molar-refractivity contribution in [3.05, 3.63) is 71.4 Å². The summed E-state index contributed by atoms with van der Waals surface area (Å²) in [5.74, 6) is 0.520. The number of furan rings is 1. The van der Waals surface area contributed by atoms with E-state index in [4.69, 9.17) is 20.8 Å². The average molecular weight is 415 g/mol. The van der Waals surface area contributed by atoms with Gasteiger partial charge in [0.05, 0.1) is 11.3 Å². The lowest BCUT2D eigenvalue weighted by molar-refractivity contribution is 0.0514. The molecule has 0 aliphatic carbocycles. The van der Waals surface area contributed by atoms with Crippen LogP contribution >= 0.6 is 11.6 Å². The molecule has 1 aromatic carbocycles. The Balaban J connectivity index is 1.31. The molecule has 4 rings (SSSR count). The highest BCUT2D eigenvalue weighted by molar-refractivity contribution is 6.32. The Kier molecular flexibility index (Phi) is 5.53. The molecule has 9 heteroatoms. The van der Waals surface area contributed by atoms with Crippen molar-refractivity contribution in [2.75, 3.05) is 26.2 Å². The molecule has 150 valence electrons. The molecule has 1 aliphatic rings. The Morgan fingerprint density at radius 2 is 1.72 bits per heavy atom. The Labute approximate surface area is 172 Å². The number of carbonyl (C=O) groups excluding carboxylic acids is 2. The standard InChI is InChI=1S/C20H19ClN4O4/c21-15-4-1-2-5-17(15)29-14-25-8-7-16(22-25)19(26)23-9-11-24(12-10-23)20(27)18-6-3-13-28-18/h1-8,13H,9-12,14H2. The number of amides is 2. The van der Waals surface area contributed by atoms with Crippen LogP contribution in [-0.2, 0) is 6.73 Å². The Hall–Kier alpha value is -3.26. The minimum absolute atomic E-state index is 0.141. The van der Waals surface area contributed by atoms with Crippen LogP contribution in [0.2, 0.25) is 5.02 Å². The average Bonchev–Trinajstić information content (AvgIpc) is 3.45. The normalized spacial score (nSPS) is 14.1. The molecule has 3 aromatic rings. The first-order valence-electron chi connectivity index (χ1n) is 9.14. The third-order valence-electron chi connectivity index (χ3n) is 4.63. The highest BCUT2D eigenvalue weighted by Gasteiger charge is 2.27. The molecule has 0 unspecified atom stereocenters. The summed E-state index contributed by atoms with van der Waals surface area (Å²) in [6, 6.07) is 12.1. The maximum absolute atomic E-state index is 12.7. The summed E-state index contributed by atoms with van der Waals surface area (Å²) in [6.07, 6.45) is 3.15. The van der Waals surface area contributed by atoms with Gasteiger partial charge in [0, 0.05) is 32.4 Å². The molecular weight excluding hydrogens is 396 g/mol. The number of halogens is 1. The van der Waals surface area contributed by atoms with Crippen LogP contribution in [0.1, 0.15) is 21.0 Å². The molecule has 29 heavy (non-hydrogen) atoms. The number of benzene rings is 1. The number of ether oxygens (including phenoxy) is 1. The number of aromatic nitrogens is 2. The van der Waals surface area contributed by atoms with Crippen molar-refractivity contribution >= 4 is 23.4 Å². The Morgan fingerprint density at radius 1 is 1.00 bits per heavy atom. The van der Waals surface area contributed by atoms with Crippen molar-refractivity contribution in [1.29, 1.82) is 0 Å². The fourth-order valence-corrected chi connectivity index (χ4v) is 3.27. The van der Waals surface area contributed by atoms with Crippen LogP contribution in [0.25, 0.3) is 0 Å². The van der Waals surface area contributed by atoms with Crippen molar-refractivity contribution in [2.24, 2.45) is 0 Å². The molecule has 8 nitrogen and oxygen atoms in total. The first kappa shape index (κ1) is 19.1. The van der Waals surface area contributed by atoms with Crippen molar-refractivity contribution in [3.63, 3.8) is 0 Å². The molecule has 3 heterocycles. The number of hydrogen-bond donors (Lipinski definition) is 0. The molecular formula is C20H19ClN4O4. The van der Waals surface area contributed by atoms with Gasteiger partial charge in [-0.2, -0.15) is 5.10 Å². The lowest BCUT2D eigenvalue weighted by Gasteiger charge is -2.33. The first-order valence-corrected chi connectivity index (χ1v) is 9.52. The summed E-state index contributed by atoms with van der Waals surface area (Å²) in [5, 5.41) is 4.80. The van der Waals surface area contributed by atoms with E-state index in [2.05, 4.69) is 5.10 Å². The molecule has 1 saturated heterocycles. The van der Waals surface area contributed by atoms with Gasteiger partial charge in [-0.1, -0.05) is 23.7 Å². The minimum Gasteiger partial charge on any atom is -0.470 e. The van der Waals surface area contributed by atoms with Crippen molar-refractivity contribution in [1.82, 2.24) is 19.6 Å².